The maximum absolute atomic E-state index is 11.4. The number of carboxylic acid groups (broad SMARTS) is 1. The molecule has 0 rings (SSSR count). The first kappa shape index (κ1) is 39.5. The van der Waals surface area contributed by atoms with Crippen molar-refractivity contribution in [1.82, 2.24) is 0 Å². The second-order valence-corrected chi connectivity index (χ2v) is 7.87. The van der Waals surface area contributed by atoms with Crippen LogP contribution in [0.25, 0.3) is 0 Å². The van der Waals surface area contributed by atoms with Crippen LogP contribution in [-0.2, 0) is 42.9 Å². The van der Waals surface area contributed by atoms with Gasteiger partial charge in [0.2, 0.25) is 0 Å². The molecule has 0 aromatic heterocycles. The third-order valence-electron chi connectivity index (χ3n) is 4.50. The maximum Gasteiger partial charge on any atom is 0.333 e. The minimum absolute atomic E-state index is 0.00263. The third-order valence-corrected chi connectivity index (χ3v) is 4.50. The molecule has 38 heavy (non-hydrogen) atoms. The maximum atomic E-state index is 11.4. The van der Waals surface area contributed by atoms with Crippen molar-refractivity contribution < 1.29 is 48.0 Å². The van der Waals surface area contributed by atoms with Gasteiger partial charge >= 0.3 is 23.9 Å². The van der Waals surface area contributed by atoms with Gasteiger partial charge in [0, 0.05) is 30.4 Å². The Hall–Kier alpha value is -2.98. The minimum atomic E-state index is -1.06. The summed E-state index contributed by atoms with van der Waals surface area (Å²) in [6.45, 7) is 22.8. The van der Waals surface area contributed by atoms with E-state index in [0.717, 1.165) is 31.8 Å². The summed E-state index contributed by atoms with van der Waals surface area (Å²) in [5.41, 5.74) is 0.421. The lowest BCUT2D eigenvalue weighted by Gasteiger charge is -2.14. The Labute approximate surface area is 228 Å². The second-order valence-electron chi connectivity index (χ2n) is 7.87. The number of unbranched alkanes of at least 4 members (excludes halogenated alkanes) is 1. The first-order chi connectivity index (χ1) is 18.0. The van der Waals surface area contributed by atoms with E-state index >= 15 is 0 Å². The highest BCUT2D eigenvalue weighted by molar-refractivity contribution is 5.92. The van der Waals surface area contributed by atoms with Crippen LogP contribution in [0.3, 0.4) is 0 Å². The first-order valence-corrected chi connectivity index (χ1v) is 12.8. The van der Waals surface area contributed by atoms with Crippen molar-refractivity contribution in [2.45, 2.75) is 66.7 Å². The number of hydrogen-bond acceptors (Lipinski definition) is 9. The van der Waals surface area contributed by atoms with E-state index in [-0.39, 0.29) is 18.0 Å². The van der Waals surface area contributed by atoms with Crippen LogP contribution in [0.15, 0.2) is 37.0 Å². The summed E-state index contributed by atoms with van der Waals surface area (Å²) in [6.07, 6.45) is 5.00. The molecule has 0 heterocycles. The molecule has 0 fully saturated rings. The Morgan fingerprint density at radius 2 is 1.39 bits per heavy atom. The summed E-state index contributed by atoms with van der Waals surface area (Å²) < 4.78 is 24.3. The average molecular weight is 545 g/mol. The van der Waals surface area contributed by atoms with E-state index in [1.165, 1.54) is 0 Å². The molecule has 0 aromatic carbocycles. The van der Waals surface area contributed by atoms with Crippen LogP contribution in [-0.4, -0.2) is 75.2 Å². The SMILES string of the molecule is C=C(C)C(=O)OCCOCC.C=C(CC(=O)O)C(=O)OCC(CC)CCCC.C=CC(=O)OCCOCC. The molecule has 0 aliphatic rings. The number of carbonyl (C=O) groups excluding carboxylic acids is 3. The highest BCUT2D eigenvalue weighted by Crippen LogP contribution is 2.14. The van der Waals surface area contributed by atoms with E-state index in [2.05, 4.69) is 38.3 Å². The Morgan fingerprint density at radius 3 is 1.82 bits per heavy atom. The van der Waals surface area contributed by atoms with Crippen LogP contribution in [0.1, 0.15) is 66.7 Å². The smallest absolute Gasteiger partial charge is 0.333 e. The zero-order valence-electron chi connectivity index (χ0n) is 23.9. The molecular weight excluding hydrogens is 496 g/mol. The summed E-state index contributed by atoms with van der Waals surface area (Å²) in [5.74, 6) is -2.06. The van der Waals surface area contributed by atoms with Crippen LogP contribution in [0, 0.1) is 5.92 Å². The number of carboxylic acids is 1. The van der Waals surface area contributed by atoms with E-state index in [4.69, 9.17) is 24.1 Å². The van der Waals surface area contributed by atoms with E-state index in [9.17, 15) is 19.2 Å². The molecule has 0 amide bonds. The molecular formula is C28H48O10. The number of aliphatic carboxylic acids is 1. The topological polar surface area (TPSA) is 135 Å². The van der Waals surface area contributed by atoms with Gasteiger partial charge in [-0.15, -0.1) is 0 Å². The summed E-state index contributed by atoms with van der Waals surface area (Å²) in [5, 5.41) is 8.50. The molecule has 1 unspecified atom stereocenters. The predicted octanol–water partition coefficient (Wildman–Crippen LogP) is 4.67. The van der Waals surface area contributed by atoms with E-state index < -0.39 is 17.9 Å². The molecule has 0 bridgehead atoms. The monoisotopic (exact) mass is 544 g/mol. The van der Waals surface area contributed by atoms with Crippen LogP contribution < -0.4 is 0 Å². The summed E-state index contributed by atoms with van der Waals surface area (Å²) >= 11 is 0. The molecule has 0 aliphatic heterocycles. The van der Waals surface area contributed by atoms with Crippen LogP contribution >= 0.6 is 0 Å². The van der Waals surface area contributed by atoms with Gasteiger partial charge in [0.25, 0.3) is 0 Å². The van der Waals surface area contributed by atoms with Gasteiger partial charge < -0.3 is 28.8 Å². The lowest BCUT2D eigenvalue weighted by Crippen LogP contribution is -2.16. The lowest BCUT2D eigenvalue weighted by molar-refractivity contribution is -0.143. The number of esters is 3. The Kier molecular flexibility index (Phi) is 29.7. The summed E-state index contributed by atoms with van der Waals surface area (Å²) in [6, 6.07) is 0. The number of ether oxygens (including phenoxy) is 5. The highest BCUT2D eigenvalue weighted by Gasteiger charge is 2.14. The molecule has 10 heteroatoms. The molecule has 10 nitrogen and oxygen atoms in total. The number of hydrogen-bond donors (Lipinski definition) is 1. The van der Waals surface area contributed by atoms with E-state index in [0.29, 0.717) is 57.7 Å². The number of carbonyl (C=O) groups is 4. The molecule has 220 valence electrons. The molecule has 0 saturated heterocycles. The molecule has 0 spiro atoms. The van der Waals surface area contributed by atoms with Crippen molar-refractivity contribution in [3.05, 3.63) is 37.0 Å². The van der Waals surface area contributed by atoms with Gasteiger partial charge in [-0.3, -0.25) is 4.79 Å². The number of rotatable bonds is 19. The summed E-state index contributed by atoms with van der Waals surface area (Å²) in [7, 11) is 0. The van der Waals surface area contributed by atoms with Crippen LogP contribution in [0.4, 0.5) is 0 Å². The van der Waals surface area contributed by atoms with Crippen LogP contribution in [0.2, 0.25) is 0 Å². The zero-order chi connectivity index (χ0) is 29.8. The molecule has 0 aromatic rings. The molecule has 0 radical (unpaired) electrons. The van der Waals surface area contributed by atoms with Crippen molar-refractivity contribution in [1.29, 1.82) is 0 Å². The van der Waals surface area contributed by atoms with Gasteiger partial charge in [0.05, 0.1) is 26.2 Å². The molecule has 0 saturated carbocycles. The van der Waals surface area contributed by atoms with Gasteiger partial charge in [-0.25, -0.2) is 14.4 Å². The molecule has 0 aliphatic carbocycles. The quantitative estimate of drug-likeness (QED) is 0.106. The van der Waals surface area contributed by atoms with Gasteiger partial charge in [-0.2, -0.15) is 0 Å². The molecule has 1 N–H and O–H groups in total. The standard InChI is InChI=1S/C13H22O4.C8H14O3.C7H12O3/c1-4-6-7-11(5-2)9-17-13(16)10(3)8-12(14)15;1-4-10-5-6-11-8(9)7(2)3;1-3-7(8)10-6-5-9-4-2/h11H,3-9H2,1-2H3,(H,14,15);2,4-6H2,1,3H3;3H,1,4-6H2,2H3. The van der Waals surface area contributed by atoms with Gasteiger partial charge in [-0.1, -0.05) is 52.8 Å². The highest BCUT2D eigenvalue weighted by atomic mass is 16.6. The van der Waals surface area contributed by atoms with Crippen molar-refractivity contribution in [3.8, 4) is 0 Å². The Morgan fingerprint density at radius 1 is 0.842 bits per heavy atom. The fraction of sp³-hybridized carbons (Fsp3) is 0.643. The van der Waals surface area contributed by atoms with Crippen molar-refractivity contribution in [2.75, 3.05) is 46.2 Å². The Bertz CT molecular complexity index is 700. The largest absolute Gasteiger partial charge is 0.481 e. The predicted molar refractivity (Wildman–Crippen MR) is 146 cm³/mol. The van der Waals surface area contributed by atoms with Gasteiger partial charge in [-0.05, 0) is 33.1 Å². The summed E-state index contributed by atoms with van der Waals surface area (Å²) in [4.78, 5) is 42.9. The van der Waals surface area contributed by atoms with Crippen molar-refractivity contribution in [2.24, 2.45) is 5.92 Å². The second kappa shape index (κ2) is 28.6. The lowest BCUT2D eigenvalue weighted by atomic mass is 10.0. The van der Waals surface area contributed by atoms with Crippen molar-refractivity contribution in [3.63, 3.8) is 0 Å². The fourth-order valence-corrected chi connectivity index (χ4v) is 2.31. The zero-order valence-corrected chi connectivity index (χ0v) is 23.9. The van der Waals surface area contributed by atoms with Crippen LogP contribution in [0.5, 0.6) is 0 Å². The Balaban J connectivity index is -0.000000509. The normalized spacial score (nSPS) is 10.3. The third kappa shape index (κ3) is 29.3. The molecule has 1 atom stereocenters. The van der Waals surface area contributed by atoms with Gasteiger partial charge in [0.1, 0.15) is 13.2 Å². The average Bonchev–Trinajstić information content (AvgIpc) is 2.89. The fourth-order valence-electron chi connectivity index (χ4n) is 2.31. The first-order valence-electron chi connectivity index (χ1n) is 12.8. The van der Waals surface area contributed by atoms with E-state index in [1.807, 2.05) is 13.8 Å². The van der Waals surface area contributed by atoms with Gasteiger partial charge in [0.15, 0.2) is 0 Å². The van der Waals surface area contributed by atoms with Crippen molar-refractivity contribution >= 4 is 23.9 Å². The minimum Gasteiger partial charge on any atom is -0.481 e. The van der Waals surface area contributed by atoms with E-state index in [1.54, 1.807) is 6.92 Å².